The number of hydrogen-bond acceptors (Lipinski definition) is 6. The predicted molar refractivity (Wildman–Crippen MR) is 145 cm³/mol. The molecular weight excluding hydrogens is 482 g/mol. The molecule has 198 valence electrons. The van der Waals surface area contributed by atoms with E-state index in [4.69, 9.17) is 14.2 Å². The summed E-state index contributed by atoms with van der Waals surface area (Å²) in [4.78, 5) is 27.9. The van der Waals surface area contributed by atoms with Crippen molar-refractivity contribution >= 4 is 17.4 Å². The standard InChI is InChI=1S/C31H33NO6/c1-4-16-32-28(22-14-15-25(36-3)26(19-22)38-20-21-10-7-6-8-11-21)27(30(34)31(32)35)29(33)23-12-9-13-24(18-23)37-17-5-2/h6-15,18-19,28,33H,4-5,16-17,20H2,1-3H3/b29-27-. The number of rotatable bonds is 11. The molecule has 0 spiro atoms. The number of likely N-dealkylation sites (tertiary alicyclic amines) is 1. The van der Waals surface area contributed by atoms with E-state index in [9.17, 15) is 14.7 Å². The van der Waals surface area contributed by atoms with Crippen LogP contribution >= 0.6 is 0 Å². The van der Waals surface area contributed by atoms with Crippen molar-refractivity contribution < 1.29 is 28.9 Å². The highest BCUT2D eigenvalue weighted by atomic mass is 16.5. The van der Waals surface area contributed by atoms with Gasteiger partial charge in [0.05, 0.1) is 25.3 Å². The Bertz CT molecular complexity index is 1320. The van der Waals surface area contributed by atoms with Crippen molar-refractivity contribution in [3.8, 4) is 17.2 Å². The Morgan fingerprint density at radius 3 is 2.39 bits per heavy atom. The van der Waals surface area contributed by atoms with Crippen LogP contribution < -0.4 is 14.2 Å². The second-order valence-electron chi connectivity index (χ2n) is 9.05. The van der Waals surface area contributed by atoms with Crippen molar-refractivity contribution in [1.29, 1.82) is 0 Å². The fourth-order valence-corrected chi connectivity index (χ4v) is 4.52. The third-order valence-corrected chi connectivity index (χ3v) is 6.33. The first-order chi connectivity index (χ1) is 18.5. The summed E-state index contributed by atoms with van der Waals surface area (Å²) in [6.45, 7) is 5.15. The van der Waals surface area contributed by atoms with E-state index < -0.39 is 17.7 Å². The lowest BCUT2D eigenvalue weighted by atomic mass is 9.95. The highest BCUT2D eigenvalue weighted by molar-refractivity contribution is 6.46. The molecule has 0 radical (unpaired) electrons. The zero-order chi connectivity index (χ0) is 27.1. The number of carbonyl (C=O) groups excluding carboxylic acids is 2. The molecule has 3 aromatic rings. The number of Topliss-reactive ketones (excluding diaryl/α,β-unsaturated/α-hetero) is 1. The maximum atomic E-state index is 13.3. The van der Waals surface area contributed by atoms with E-state index in [1.165, 1.54) is 4.90 Å². The van der Waals surface area contributed by atoms with Crippen LogP contribution in [0, 0.1) is 0 Å². The number of ether oxygens (including phenoxy) is 3. The summed E-state index contributed by atoms with van der Waals surface area (Å²) in [5.74, 6) is -0.0145. The van der Waals surface area contributed by atoms with Crippen LogP contribution in [0.1, 0.15) is 49.4 Å². The van der Waals surface area contributed by atoms with Crippen LogP contribution in [-0.2, 0) is 16.2 Å². The van der Waals surface area contributed by atoms with Crippen molar-refractivity contribution in [1.82, 2.24) is 4.90 Å². The highest BCUT2D eigenvalue weighted by Gasteiger charge is 2.46. The number of aliphatic hydroxyl groups excluding tert-OH is 1. The molecule has 0 aromatic heterocycles. The molecule has 1 heterocycles. The zero-order valence-corrected chi connectivity index (χ0v) is 22.0. The molecule has 3 aromatic carbocycles. The summed E-state index contributed by atoms with van der Waals surface area (Å²) in [5.41, 5.74) is 2.08. The molecule has 1 aliphatic heterocycles. The SMILES string of the molecule is CCCOc1cccc(/C(O)=C2/C(=O)C(=O)N(CCC)C2c2ccc(OC)c(OCc3ccccc3)c2)c1. The van der Waals surface area contributed by atoms with Crippen molar-refractivity contribution in [3.63, 3.8) is 0 Å². The molecular formula is C31H33NO6. The van der Waals surface area contributed by atoms with Gasteiger partial charge in [-0.2, -0.15) is 0 Å². The topological polar surface area (TPSA) is 85.3 Å². The van der Waals surface area contributed by atoms with Gasteiger partial charge in [0.25, 0.3) is 11.7 Å². The Morgan fingerprint density at radius 1 is 0.895 bits per heavy atom. The maximum absolute atomic E-state index is 13.3. The summed E-state index contributed by atoms with van der Waals surface area (Å²) in [6.07, 6.45) is 1.49. The summed E-state index contributed by atoms with van der Waals surface area (Å²) < 4.78 is 17.3. The van der Waals surface area contributed by atoms with Gasteiger partial charge in [-0.1, -0.05) is 62.4 Å². The quantitative estimate of drug-likeness (QED) is 0.195. The number of hydrogen-bond donors (Lipinski definition) is 1. The summed E-state index contributed by atoms with van der Waals surface area (Å²) in [5, 5.41) is 11.4. The molecule has 0 saturated carbocycles. The van der Waals surface area contributed by atoms with Gasteiger partial charge in [0.2, 0.25) is 0 Å². The molecule has 0 aliphatic carbocycles. The molecule has 1 fully saturated rings. The van der Waals surface area contributed by atoms with E-state index in [-0.39, 0.29) is 11.3 Å². The van der Waals surface area contributed by atoms with E-state index >= 15 is 0 Å². The van der Waals surface area contributed by atoms with Gasteiger partial charge in [0.15, 0.2) is 11.5 Å². The third kappa shape index (κ3) is 5.67. The van der Waals surface area contributed by atoms with Crippen LogP contribution in [-0.4, -0.2) is 42.0 Å². The predicted octanol–water partition coefficient (Wildman–Crippen LogP) is 5.89. The van der Waals surface area contributed by atoms with Gasteiger partial charge in [-0.3, -0.25) is 9.59 Å². The molecule has 1 atom stereocenters. The summed E-state index contributed by atoms with van der Waals surface area (Å²) >= 11 is 0. The molecule has 7 heteroatoms. The van der Waals surface area contributed by atoms with E-state index in [0.717, 1.165) is 12.0 Å². The lowest BCUT2D eigenvalue weighted by Gasteiger charge is -2.25. The summed E-state index contributed by atoms with van der Waals surface area (Å²) in [7, 11) is 1.56. The van der Waals surface area contributed by atoms with Gasteiger partial charge >= 0.3 is 0 Å². The fraction of sp³-hybridized carbons (Fsp3) is 0.290. The number of benzene rings is 3. The fourth-order valence-electron chi connectivity index (χ4n) is 4.52. The van der Waals surface area contributed by atoms with Gasteiger partial charge < -0.3 is 24.2 Å². The average Bonchev–Trinajstić information content (AvgIpc) is 3.20. The van der Waals surface area contributed by atoms with E-state index in [1.807, 2.05) is 44.2 Å². The molecule has 1 unspecified atom stereocenters. The van der Waals surface area contributed by atoms with Crippen LogP contribution in [0.25, 0.3) is 5.76 Å². The van der Waals surface area contributed by atoms with Gasteiger partial charge in [-0.05, 0) is 48.2 Å². The largest absolute Gasteiger partial charge is 0.507 e. The van der Waals surface area contributed by atoms with Gasteiger partial charge in [-0.25, -0.2) is 0 Å². The van der Waals surface area contributed by atoms with Gasteiger partial charge in [-0.15, -0.1) is 0 Å². The van der Waals surface area contributed by atoms with Crippen LogP contribution in [0.15, 0.2) is 78.4 Å². The number of nitrogens with zero attached hydrogens (tertiary/aromatic N) is 1. The lowest BCUT2D eigenvalue weighted by Crippen LogP contribution is -2.30. The van der Waals surface area contributed by atoms with Crippen LogP contribution in [0.5, 0.6) is 17.2 Å². The lowest BCUT2D eigenvalue weighted by molar-refractivity contribution is -0.139. The first kappa shape index (κ1) is 26.8. The molecule has 1 N–H and O–H groups in total. The average molecular weight is 516 g/mol. The summed E-state index contributed by atoms with van der Waals surface area (Å²) in [6, 6.07) is 21.2. The van der Waals surface area contributed by atoms with Gasteiger partial charge in [0, 0.05) is 12.1 Å². The van der Waals surface area contributed by atoms with Crippen LogP contribution in [0.3, 0.4) is 0 Å². The molecule has 1 aliphatic rings. The minimum atomic E-state index is -0.778. The molecule has 38 heavy (non-hydrogen) atoms. The van der Waals surface area contributed by atoms with E-state index in [1.54, 1.807) is 49.6 Å². The molecule has 1 amide bonds. The molecule has 1 saturated heterocycles. The van der Waals surface area contributed by atoms with Crippen molar-refractivity contribution in [3.05, 3.63) is 95.1 Å². The molecule has 7 nitrogen and oxygen atoms in total. The zero-order valence-electron chi connectivity index (χ0n) is 22.0. The normalized spacial score (nSPS) is 16.5. The van der Waals surface area contributed by atoms with Crippen molar-refractivity contribution in [2.75, 3.05) is 20.3 Å². The number of carbonyl (C=O) groups is 2. The van der Waals surface area contributed by atoms with Crippen LogP contribution in [0.4, 0.5) is 0 Å². The molecule has 4 rings (SSSR count). The number of ketones is 1. The Morgan fingerprint density at radius 2 is 1.68 bits per heavy atom. The Hall–Kier alpha value is -4.26. The monoisotopic (exact) mass is 515 g/mol. The Balaban J connectivity index is 1.77. The van der Waals surface area contributed by atoms with Crippen molar-refractivity contribution in [2.24, 2.45) is 0 Å². The van der Waals surface area contributed by atoms with E-state index in [2.05, 4.69) is 0 Å². The maximum Gasteiger partial charge on any atom is 0.295 e. The Labute approximate surface area is 223 Å². The second-order valence-corrected chi connectivity index (χ2v) is 9.05. The first-order valence-corrected chi connectivity index (χ1v) is 12.8. The van der Waals surface area contributed by atoms with Crippen molar-refractivity contribution in [2.45, 2.75) is 39.3 Å². The van der Waals surface area contributed by atoms with Crippen LogP contribution in [0.2, 0.25) is 0 Å². The smallest absolute Gasteiger partial charge is 0.295 e. The number of methoxy groups -OCH3 is 1. The third-order valence-electron chi connectivity index (χ3n) is 6.33. The Kier molecular flexibility index (Phi) is 8.69. The minimum absolute atomic E-state index is 0.0373. The minimum Gasteiger partial charge on any atom is -0.507 e. The van der Waals surface area contributed by atoms with Gasteiger partial charge in [0.1, 0.15) is 18.1 Å². The molecule has 0 bridgehead atoms. The number of aliphatic hydroxyl groups is 1. The first-order valence-electron chi connectivity index (χ1n) is 12.8. The van der Waals surface area contributed by atoms with E-state index in [0.29, 0.717) is 54.6 Å². The number of amides is 1. The highest BCUT2D eigenvalue weighted by Crippen LogP contribution is 2.42. The second kappa shape index (κ2) is 12.3.